The summed E-state index contributed by atoms with van der Waals surface area (Å²) < 4.78 is 13.7. The molecule has 5 heteroatoms. The molecule has 0 aromatic carbocycles. The Morgan fingerprint density at radius 2 is 0.549 bits per heavy atom. The van der Waals surface area contributed by atoms with Gasteiger partial charge in [0.25, 0.3) is 0 Å². The van der Waals surface area contributed by atoms with Crippen LogP contribution >= 0.6 is 23.5 Å². The number of quaternary nitrogens is 1. The molecule has 0 rings (SSSR count). The molecule has 0 amide bonds. The average Bonchev–Trinajstić information content (AvgIpc) is 3.35. The van der Waals surface area contributed by atoms with E-state index < -0.39 is 0 Å². The molecular formula is C66H136NO2S2+. The van der Waals surface area contributed by atoms with Crippen molar-refractivity contribution in [3.63, 3.8) is 0 Å². The maximum atomic E-state index is 6.48. The molecule has 3 nitrogen and oxygen atoms in total. The van der Waals surface area contributed by atoms with Gasteiger partial charge in [0.2, 0.25) is 0 Å². The number of nitrogens with zero attached hydrogens (tertiary/aromatic N) is 1. The highest BCUT2D eigenvalue weighted by atomic mass is 32.2. The Labute approximate surface area is 459 Å². The van der Waals surface area contributed by atoms with Crippen LogP contribution in [0.3, 0.4) is 0 Å². The summed E-state index contributed by atoms with van der Waals surface area (Å²) in [7, 11) is 6.87. The summed E-state index contributed by atoms with van der Waals surface area (Å²) in [5.74, 6) is 2.81. The molecule has 0 fully saturated rings. The number of thioether (sulfide) groups is 2. The second kappa shape index (κ2) is 59.8. The van der Waals surface area contributed by atoms with Crippen LogP contribution in [-0.4, -0.2) is 80.1 Å². The third kappa shape index (κ3) is 59.7. The minimum Gasteiger partial charge on any atom is -0.379 e. The quantitative estimate of drug-likeness (QED) is 0.0446. The first-order valence-corrected chi connectivity index (χ1v) is 35.2. The first-order valence-electron chi connectivity index (χ1n) is 33.1. The largest absolute Gasteiger partial charge is 0.379 e. The normalized spacial score (nSPS) is 13.4. The van der Waals surface area contributed by atoms with E-state index in [-0.39, 0.29) is 6.10 Å². The van der Waals surface area contributed by atoms with E-state index in [0.717, 1.165) is 41.3 Å². The van der Waals surface area contributed by atoms with Crippen LogP contribution in [0, 0.1) is 0 Å². The van der Waals surface area contributed by atoms with Crippen LogP contribution in [-0.2, 0) is 9.47 Å². The zero-order chi connectivity index (χ0) is 51.7. The maximum absolute atomic E-state index is 6.48. The zero-order valence-corrected chi connectivity index (χ0v) is 52.0. The van der Waals surface area contributed by atoms with Gasteiger partial charge < -0.3 is 14.0 Å². The van der Waals surface area contributed by atoms with Gasteiger partial charge >= 0.3 is 0 Å². The van der Waals surface area contributed by atoms with Crippen molar-refractivity contribution in [2.45, 2.75) is 365 Å². The van der Waals surface area contributed by atoms with Crippen LogP contribution in [0.25, 0.3) is 0 Å². The average molecular weight is 1040 g/mol. The minimum atomic E-state index is 0.209. The van der Waals surface area contributed by atoms with Crippen LogP contribution in [0.15, 0.2) is 0 Å². The van der Waals surface area contributed by atoms with E-state index in [9.17, 15) is 0 Å². The van der Waals surface area contributed by atoms with Gasteiger partial charge in [-0.3, -0.25) is 0 Å². The third-order valence-corrected chi connectivity index (χ3v) is 18.3. The van der Waals surface area contributed by atoms with Crippen LogP contribution in [0.4, 0.5) is 0 Å². The molecule has 0 saturated carbocycles. The maximum Gasteiger partial charge on any atom is 0.130 e. The molecule has 0 bridgehead atoms. The molecule has 3 unspecified atom stereocenters. The standard InChI is InChI=1S/C66H136NO2S2/c1-8-12-16-20-24-26-28-36-44-52-60-70-65(54-46-38-22-18-14-10-3)56-48-40-32-30-34-42-50-58-68-63-64(62-67(5,6)7)69-59-51-43-35-31-33-41-49-57-66(55-47-39-23-19-15-11-4)71-61-53-45-37-29-27-25-21-17-13-9-2/h64-66H,8-63H2,1-7H3/q+1. The third-order valence-electron chi connectivity index (χ3n) is 15.4. The van der Waals surface area contributed by atoms with Crippen molar-refractivity contribution < 1.29 is 14.0 Å². The zero-order valence-electron chi connectivity index (χ0n) is 50.4. The molecule has 0 aliphatic heterocycles. The Bertz CT molecular complexity index is 959. The van der Waals surface area contributed by atoms with Gasteiger partial charge in [-0.1, -0.05) is 297 Å². The fourth-order valence-corrected chi connectivity index (χ4v) is 13.4. The molecule has 428 valence electrons. The lowest BCUT2D eigenvalue weighted by atomic mass is 10.0. The van der Waals surface area contributed by atoms with Gasteiger partial charge in [0.05, 0.1) is 27.7 Å². The smallest absolute Gasteiger partial charge is 0.130 e. The lowest BCUT2D eigenvalue weighted by Gasteiger charge is -2.29. The summed E-state index contributed by atoms with van der Waals surface area (Å²) in [5, 5.41) is 1.83. The van der Waals surface area contributed by atoms with E-state index in [1.54, 1.807) is 0 Å². The molecule has 0 heterocycles. The van der Waals surface area contributed by atoms with E-state index in [1.165, 1.54) is 333 Å². The molecular weight excluding hydrogens is 903 g/mol. The summed E-state index contributed by atoms with van der Waals surface area (Å²) in [5.41, 5.74) is 0. The van der Waals surface area contributed by atoms with E-state index in [1.807, 2.05) is 0 Å². The van der Waals surface area contributed by atoms with E-state index in [4.69, 9.17) is 9.47 Å². The number of hydrogen-bond acceptors (Lipinski definition) is 4. The van der Waals surface area contributed by atoms with Crippen molar-refractivity contribution in [2.75, 3.05) is 59.0 Å². The molecule has 0 aliphatic carbocycles. The summed E-state index contributed by atoms with van der Waals surface area (Å²) >= 11 is 4.69. The molecule has 0 aromatic heterocycles. The number of likely N-dealkylation sites (N-methyl/N-ethyl adjacent to an activating group) is 1. The second-order valence-corrected chi connectivity index (χ2v) is 26.8. The van der Waals surface area contributed by atoms with Crippen LogP contribution < -0.4 is 0 Å². The monoisotopic (exact) mass is 1040 g/mol. The highest BCUT2D eigenvalue weighted by Gasteiger charge is 2.19. The molecule has 0 radical (unpaired) electrons. The molecule has 0 aliphatic rings. The molecule has 0 saturated heterocycles. The van der Waals surface area contributed by atoms with Crippen molar-refractivity contribution in [2.24, 2.45) is 0 Å². The Morgan fingerprint density at radius 3 is 0.845 bits per heavy atom. The highest BCUT2D eigenvalue weighted by Crippen LogP contribution is 2.28. The number of hydrogen-bond donors (Lipinski definition) is 0. The Morgan fingerprint density at radius 1 is 0.296 bits per heavy atom. The number of unbranched alkanes of at least 4 members (excludes halogenated alkanes) is 40. The van der Waals surface area contributed by atoms with Gasteiger partial charge in [-0.15, -0.1) is 0 Å². The van der Waals surface area contributed by atoms with Gasteiger partial charge in [0, 0.05) is 23.7 Å². The van der Waals surface area contributed by atoms with Crippen molar-refractivity contribution >= 4 is 23.5 Å². The molecule has 3 atom stereocenters. The fourth-order valence-electron chi connectivity index (χ4n) is 10.7. The topological polar surface area (TPSA) is 18.5 Å². The Kier molecular flexibility index (Phi) is 60.3. The molecule has 0 spiro atoms. The number of ether oxygens (including phenoxy) is 2. The predicted octanol–water partition coefficient (Wildman–Crippen LogP) is 22.9. The summed E-state index contributed by atoms with van der Waals surface area (Å²) in [6.45, 7) is 12.9. The van der Waals surface area contributed by atoms with Crippen molar-refractivity contribution in [1.29, 1.82) is 0 Å². The molecule has 0 aromatic rings. The lowest BCUT2D eigenvalue weighted by Crippen LogP contribution is -2.44. The lowest BCUT2D eigenvalue weighted by molar-refractivity contribution is -0.873. The predicted molar refractivity (Wildman–Crippen MR) is 329 cm³/mol. The van der Waals surface area contributed by atoms with Gasteiger partial charge in [-0.25, -0.2) is 0 Å². The summed E-state index contributed by atoms with van der Waals surface area (Å²) in [6.07, 6.45) is 71.4. The van der Waals surface area contributed by atoms with Crippen LogP contribution in [0.2, 0.25) is 0 Å². The van der Waals surface area contributed by atoms with Gasteiger partial charge in [0.1, 0.15) is 12.6 Å². The van der Waals surface area contributed by atoms with Gasteiger partial charge in [-0.2, -0.15) is 23.5 Å². The Hall–Kier alpha value is 0.580. The van der Waals surface area contributed by atoms with E-state index in [0.29, 0.717) is 0 Å². The minimum absolute atomic E-state index is 0.209. The number of rotatable bonds is 63. The summed E-state index contributed by atoms with van der Waals surface area (Å²) in [4.78, 5) is 0. The van der Waals surface area contributed by atoms with Crippen molar-refractivity contribution in [1.82, 2.24) is 0 Å². The SMILES string of the molecule is CCCCCCCCCCCCSC(CCCCCCCC)CCCCCCCCCOCC(C[N+](C)(C)C)OCCCCCCCCCC(CCCCCCCC)SCCCCCCCCCCCC. The van der Waals surface area contributed by atoms with Gasteiger partial charge in [0.15, 0.2) is 0 Å². The van der Waals surface area contributed by atoms with Crippen molar-refractivity contribution in [3.05, 3.63) is 0 Å². The van der Waals surface area contributed by atoms with Crippen LogP contribution in [0.1, 0.15) is 349 Å². The first kappa shape index (κ1) is 71.6. The highest BCUT2D eigenvalue weighted by molar-refractivity contribution is 8.00. The van der Waals surface area contributed by atoms with Crippen molar-refractivity contribution in [3.8, 4) is 0 Å². The molecule has 71 heavy (non-hydrogen) atoms. The second-order valence-electron chi connectivity index (χ2n) is 24.0. The molecule has 0 N–H and O–H groups in total. The van der Waals surface area contributed by atoms with E-state index in [2.05, 4.69) is 72.4 Å². The van der Waals surface area contributed by atoms with E-state index >= 15 is 0 Å². The van der Waals surface area contributed by atoms with Crippen LogP contribution in [0.5, 0.6) is 0 Å². The fraction of sp³-hybridized carbons (Fsp3) is 1.00. The summed E-state index contributed by atoms with van der Waals surface area (Å²) in [6, 6.07) is 0. The Balaban J connectivity index is 4.18. The first-order chi connectivity index (χ1) is 34.9. The van der Waals surface area contributed by atoms with Gasteiger partial charge in [-0.05, 0) is 62.9 Å².